The van der Waals surface area contributed by atoms with E-state index in [4.69, 9.17) is 0 Å². The van der Waals surface area contributed by atoms with Crippen LogP contribution in [0.2, 0.25) is 0 Å². The molecule has 2 fully saturated rings. The fraction of sp³-hybridized carbons (Fsp3) is 0.750. The van der Waals surface area contributed by atoms with Crippen LogP contribution >= 0.6 is 0 Å². The van der Waals surface area contributed by atoms with Crippen LogP contribution < -0.4 is 5.32 Å². The van der Waals surface area contributed by atoms with Gasteiger partial charge < -0.3 is 10.2 Å². The molecule has 1 aliphatic heterocycles. The van der Waals surface area contributed by atoms with Gasteiger partial charge >= 0.3 is 0 Å². The number of carbonyl (C=O) groups is 1. The second-order valence-electron chi connectivity index (χ2n) is 4.96. The zero-order chi connectivity index (χ0) is 10.9. The summed E-state index contributed by atoms with van der Waals surface area (Å²) in [5, 5.41) is 3.34. The molecule has 0 bridgehead atoms. The third-order valence-electron chi connectivity index (χ3n) is 3.99. The normalized spacial score (nSPS) is 25.0. The van der Waals surface area contributed by atoms with Crippen LogP contribution in [0, 0.1) is 5.41 Å². The average molecular weight is 208 g/mol. The lowest BCUT2D eigenvalue weighted by atomic mass is 9.67. The lowest BCUT2D eigenvalue weighted by molar-refractivity contribution is -0.140. The molecule has 2 rings (SSSR count). The van der Waals surface area contributed by atoms with Gasteiger partial charge in [0.2, 0.25) is 5.91 Å². The van der Waals surface area contributed by atoms with Crippen LogP contribution in [-0.2, 0) is 4.79 Å². The molecule has 0 radical (unpaired) electrons. The van der Waals surface area contributed by atoms with E-state index in [1.54, 1.807) is 0 Å². The molecule has 84 valence electrons. The summed E-state index contributed by atoms with van der Waals surface area (Å²) in [6.45, 7) is 5.43. The Kier molecular flexibility index (Phi) is 2.83. The van der Waals surface area contributed by atoms with Gasteiger partial charge in [-0.1, -0.05) is 6.58 Å². The van der Waals surface area contributed by atoms with Crippen molar-refractivity contribution in [3.8, 4) is 0 Å². The van der Waals surface area contributed by atoms with E-state index in [0.717, 1.165) is 13.1 Å². The largest absolute Gasteiger partial charge is 0.338 e. The van der Waals surface area contributed by atoms with E-state index in [9.17, 15) is 4.79 Å². The number of nitrogens with zero attached hydrogens (tertiary/aromatic N) is 1. The molecule has 2 aliphatic rings. The van der Waals surface area contributed by atoms with Crippen molar-refractivity contribution in [3.63, 3.8) is 0 Å². The Balaban J connectivity index is 1.83. The van der Waals surface area contributed by atoms with Crippen molar-refractivity contribution in [2.45, 2.75) is 31.7 Å². The summed E-state index contributed by atoms with van der Waals surface area (Å²) in [5.74, 6) is 0.0939. The molecule has 0 aromatic carbocycles. The quantitative estimate of drug-likeness (QED) is 0.691. The van der Waals surface area contributed by atoms with Crippen LogP contribution in [-0.4, -0.2) is 37.0 Å². The lowest BCUT2D eigenvalue weighted by Gasteiger charge is -2.53. The van der Waals surface area contributed by atoms with Crippen molar-refractivity contribution < 1.29 is 4.79 Å². The van der Waals surface area contributed by atoms with Crippen molar-refractivity contribution in [2.24, 2.45) is 5.41 Å². The summed E-state index contributed by atoms with van der Waals surface area (Å²) < 4.78 is 0. The van der Waals surface area contributed by atoms with Crippen LogP contribution in [0.1, 0.15) is 25.7 Å². The fourth-order valence-corrected chi connectivity index (χ4v) is 2.88. The van der Waals surface area contributed by atoms with Crippen molar-refractivity contribution in [2.75, 3.05) is 20.1 Å². The molecule has 3 nitrogen and oxygen atoms in total. The van der Waals surface area contributed by atoms with E-state index >= 15 is 0 Å². The second-order valence-corrected chi connectivity index (χ2v) is 4.96. The highest BCUT2D eigenvalue weighted by atomic mass is 16.2. The smallest absolute Gasteiger partial charge is 0.245 e. The zero-order valence-electron chi connectivity index (χ0n) is 9.46. The molecule has 0 aromatic rings. The van der Waals surface area contributed by atoms with Gasteiger partial charge in [0, 0.05) is 24.5 Å². The summed E-state index contributed by atoms with van der Waals surface area (Å²) in [5.41, 5.74) is 0.450. The maximum Gasteiger partial charge on any atom is 0.245 e. The van der Waals surface area contributed by atoms with Gasteiger partial charge in [-0.25, -0.2) is 0 Å². The number of likely N-dealkylation sites (tertiary alicyclic amines) is 1. The highest BCUT2D eigenvalue weighted by Crippen LogP contribution is 2.43. The first-order valence-corrected chi connectivity index (χ1v) is 5.78. The van der Waals surface area contributed by atoms with E-state index < -0.39 is 0 Å². The van der Waals surface area contributed by atoms with E-state index in [1.165, 1.54) is 31.8 Å². The zero-order valence-corrected chi connectivity index (χ0v) is 9.46. The minimum absolute atomic E-state index is 0.0939. The standard InChI is InChI=1S/C12H20N2O/c1-3-11(15)14-8-12(9-14)6-4-10(13-2)5-7-12/h3,10,13H,1,4-9H2,2H3. The molecular formula is C12H20N2O. The maximum absolute atomic E-state index is 11.3. The van der Waals surface area contributed by atoms with Crippen molar-refractivity contribution >= 4 is 5.91 Å². The van der Waals surface area contributed by atoms with Gasteiger partial charge in [0.15, 0.2) is 0 Å². The van der Waals surface area contributed by atoms with E-state index in [1.807, 2.05) is 11.9 Å². The highest BCUT2D eigenvalue weighted by Gasteiger charge is 2.45. The van der Waals surface area contributed by atoms with E-state index in [2.05, 4.69) is 11.9 Å². The topological polar surface area (TPSA) is 32.3 Å². The van der Waals surface area contributed by atoms with Crippen LogP contribution in [0.25, 0.3) is 0 Å². The van der Waals surface area contributed by atoms with Crippen LogP contribution in [0.4, 0.5) is 0 Å². The third kappa shape index (κ3) is 1.93. The summed E-state index contributed by atoms with van der Waals surface area (Å²) in [6.07, 6.45) is 6.46. The van der Waals surface area contributed by atoms with E-state index in [0.29, 0.717) is 11.5 Å². The molecule has 15 heavy (non-hydrogen) atoms. The van der Waals surface area contributed by atoms with Gasteiger partial charge in [-0.15, -0.1) is 0 Å². The minimum atomic E-state index is 0.0939. The molecule has 0 aromatic heterocycles. The first-order chi connectivity index (χ1) is 7.19. The molecule has 1 heterocycles. The maximum atomic E-state index is 11.3. The van der Waals surface area contributed by atoms with Gasteiger partial charge in [0.25, 0.3) is 0 Å². The summed E-state index contributed by atoms with van der Waals surface area (Å²) in [4.78, 5) is 13.2. The average Bonchev–Trinajstić information content (AvgIpc) is 2.25. The monoisotopic (exact) mass is 208 g/mol. The molecule has 1 spiro atoms. The molecule has 1 saturated heterocycles. The number of carbonyl (C=O) groups excluding carboxylic acids is 1. The molecule has 0 atom stereocenters. The number of nitrogens with one attached hydrogen (secondary N) is 1. The Morgan fingerprint density at radius 3 is 2.53 bits per heavy atom. The Hall–Kier alpha value is -0.830. The van der Waals surface area contributed by atoms with E-state index in [-0.39, 0.29) is 5.91 Å². The Morgan fingerprint density at radius 2 is 2.07 bits per heavy atom. The van der Waals surface area contributed by atoms with Crippen molar-refractivity contribution in [3.05, 3.63) is 12.7 Å². The Morgan fingerprint density at radius 1 is 1.47 bits per heavy atom. The molecule has 3 heteroatoms. The summed E-state index contributed by atoms with van der Waals surface area (Å²) in [6, 6.07) is 0.694. The Bertz CT molecular complexity index is 259. The predicted molar refractivity (Wildman–Crippen MR) is 60.5 cm³/mol. The molecule has 1 N–H and O–H groups in total. The lowest BCUT2D eigenvalue weighted by Crippen LogP contribution is -2.59. The van der Waals surface area contributed by atoms with Gasteiger partial charge in [-0.2, -0.15) is 0 Å². The molecule has 1 amide bonds. The summed E-state index contributed by atoms with van der Waals surface area (Å²) in [7, 11) is 2.04. The number of rotatable bonds is 2. The van der Waals surface area contributed by atoms with Gasteiger partial charge in [-0.05, 0) is 38.8 Å². The Labute approximate surface area is 91.5 Å². The van der Waals surface area contributed by atoms with Crippen LogP contribution in [0.3, 0.4) is 0 Å². The van der Waals surface area contributed by atoms with Crippen LogP contribution in [0.15, 0.2) is 12.7 Å². The second kappa shape index (κ2) is 3.97. The first kappa shape index (κ1) is 10.7. The van der Waals surface area contributed by atoms with Crippen molar-refractivity contribution in [1.82, 2.24) is 10.2 Å². The van der Waals surface area contributed by atoms with Crippen molar-refractivity contribution in [1.29, 1.82) is 0 Å². The SMILES string of the molecule is C=CC(=O)N1CC2(CCC(NC)CC2)C1. The number of hydrogen-bond acceptors (Lipinski definition) is 2. The third-order valence-corrected chi connectivity index (χ3v) is 3.99. The van der Waals surface area contributed by atoms with Crippen LogP contribution in [0.5, 0.6) is 0 Å². The summed E-state index contributed by atoms with van der Waals surface area (Å²) >= 11 is 0. The molecular weight excluding hydrogens is 188 g/mol. The fourth-order valence-electron chi connectivity index (χ4n) is 2.88. The van der Waals surface area contributed by atoms with Gasteiger partial charge in [0.05, 0.1) is 0 Å². The predicted octanol–water partition coefficient (Wildman–Crippen LogP) is 1.16. The number of hydrogen-bond donors (Lipinski definition) is 1. The number of amides is 1. The van der Waals surface area contributed by atoms with Gasteiger partial charge in [0.1, 0.15) is 0 Å². The molecule has 0 unspecified atom stereocenters. The molecule has 1 saturated carbocycles. The first-order valence-electron chi connectivity index (χ1n) is 5.78. The highest BCUT2D eigenvalue weighted by molar-refractivity contribution is 5.87. The van der Waals surface area contributed by atoms with Gasteiger partial charge in [-0.3, -0.25) is 4.79 Å². The minimum Gasteiger partial charge on any atom is -0.338 e. The molecule has 1 aliphatic carbocycles.